The molecule has 5 saturated heterocycles. The van der Waals surface area contributed by atoms with Crippen LogP contribution in [0.15, 0.2) is 0 Å². The molecule has 0 bridgehead atoms. The number of nitrogens with one attached hydrogen (secondary N) is 1. The minimum absolute atomic E-state index is 0.614. The minimum atomic E-state index is -2.09. The zero-order valence-electron chi connectivity index (χ0n) is 30.2. The Morgan fingerprint density at radius 2 is 0.965 bits per heavy atom. The van der Waals surface area contributed by atoms with Gasteiger partial charge in [-0.15, -0.1) is 0 Å². The standard InChI is InChI=1S/C31H53NO25/c1-7(37)32-13-18(43)15(40)9(2-33)51-28(13)56-25-19(44)16(41)10(3-34)52-30(25)55-24-17(42)11(4-35)53-31(26(24)57-29-22(47)14(39)8(38)6-49-29)54-23-12(5-36)50-27(48)21(46)20(23)45/h8-31,33-36,38-48H,2-6H2,1H3,(H,32,37)/t8-,9-,10-,11-,12-,13-,14+,15-,16-,17-,18-,19+,20-,21-,22-,23-,24+,25+,26+,27-,28+,29+,30-,31+/m1/s1. The molecule has 1 amide bonds. The average molecular weight is 840 g/mol. The number of hydrogen-bond acceptors (Lipinski definition) is 25. The zero-order chi connectivity index (χ0) is 42.0. The second kappa shape index (κ2) is 19.9. The fourth-order valence-electron chi connectivity index (χ4n) is 7.10. The second-order valence-corrected chi connectivity index (χ2v) is 14.2. The van der Waals surface area contributed by atoms with Crippen LogP contribution >= 0.6 is 0 Å². The van der Waals surface area contributed by atoms with Gasteiger partial charge in [0.25, 0.3) is 0 Å². The van der Waals surface area contributed by atoms with Crippen molar-refractivity contribution in [2.45, 2.75) is 154 Å². The average Bonchev–Trinajstić information content (AvgIpc) is 3.18. The molecule has 5 rings (SSSR count). The number of aliphatic hydroxyl groups excluding tert-OH is 15. The lowest BCUT2D eigenvalue weighted by Crippen LogP contribution is -2.69. The summed E-state index contributed by atoms with van der Waals surface area (Å²) in [5.74, 6) is -0.755. The summed E-state index contributed by atoms with van der Waals surface area (Å²) in [7, 11) is 0. The first-order valence-electron chi connectivity index (χ1n) is 18.0. The highest BCUT2D eigenvalue weighted by Gasteiger charge is 2.57. The molecule has 0 radical (unpaired) electrons. The van der Waals surface area contributed by atoms with E-state index in [4.69, 9.17) is 42.6 Å². The third-order valence-electron chi connectivity index (χ3n) is 10.3. The molecule has 16 N–H and O–H groups in total. The third kappa shape index (κ3) is 9.85. The van der Waals surface area contributed by atoms with Crippen LogP contribution in [-0.2, 0) is 47.4 Å². The first kappa shape index (κ1) is 46.6. The van der Waals surface area contributed by atoms with Crippen molar-refractivity contribution in [3.05, 3.63) is 0 Å². The normalized spacial score (nSPS) is 51.0. The summed E-state index contributed by atoms with van der Waals surface area (Å²) in [5.41, 5.74) is 0. The minimum Gasteiger partial charge on any atom is -0.394 e. The van der Waals surface area contributed by atoms with E-state index in [0.717, 1.165) is 6.92 Å². The van der Waals surface area contributed by atoms with Gasteiger partial charge >= 0.3 is 0 Å². The SMILES string of the molecule is CC(=O)N[C@H]1[C@H](O[C@@H]2[C@@H](O[C@H]3[C@H](O)[C@@H](CO)O[C@@H](O[C@H]4[C@H](O)[C@@H](O)[C@H](O)O[C@@H]4CO)[C@H]3O[C@@H]3OC[C@@H](O)[C@H](O)[C@H]3O)O[C@H](CO)[C@@H](O)[C@@H]2O)O[C@H](CO)[C@@H](O)[C@@H]1O. The van der Waals surface area contributed by atoms with Crippen LogP contribution in [0, 0.1) is 0 Å². The van der Waals surface area contributed by atoms with Crippen LogP contribution in [0.1, 0.15) is 6.92 Å². The lowest BCUT2D eigenvalue weighted by Gasteiger charge is -2.51. The molecular formula is C31H53NO25. The molecule has 24 atom stereocenters. The molecule has 332 valence electrons. The number of amides is 1. The Labute approximate surface area is 322 Å². The van der Waals surface area contributed by atoms with E-state index in [9.17, 15) is 81.4 Å². The van der Waals surface area contributed by atoms with E-state index in [-0.39, 0.29) is 0 Å². The molecule has 5 fully saturated rings. The van der Waals surface area contributed by atoms with Crippen LogP contribution in [0.2, 0.25) is 0 Å². The second-order valence-electron chi connectivity index (χ2n) is 14.2. The van der Waals surface area contributed by atoms with E-state index in [1.807, 2.05) is 0 Å². The van der Waals surface area contributed by atoms with Crippen LogP contribution in [0.5, 0.6) is 0 Å². The Balaban J connectivity index is 1.53. The molecule has 5 heterocycles. The maximum Gasteiger partial charge on any atom is 0.217 e. The predicted octanol–water partition coefficient (Wildman–Crippen LogP) is -11.1. The van der Waals surface area contributed by atoms with Crippen molar-refractivity contribution in [3.8, 4) is 0 Å². The van der Waals surface area contributed by atoms with E-state index in [2.05, 4.69) is 5.32 Å². The molecule has 0 unspecified atom stereocenters. The van der Waals surface area contributed by atoms with Gasteiger partial charge in [-0.25, -0.2) is 0 Å². The van der Waals surface area contributed by atoms with Crippen molar-refractivity contribution in [3.63, 3.8) is 0 Å². The van der Waals surface area contributed by atoms with E-state index in [1.54, 1.807) is 0 Å². The fourth-order valence-corrected chi connectivity index (χ4v) is 7.10. The van der Waals surface area contributed by atoms with Crippen LogP contribution in [0.4, 0.5) is 0 Å². The molecule has 57 heavy (non-hydrogen) atoms. The Morgan fingerprint density at radius 1 is 0.491 bits per heavy atom. The van der Waals surface area contributed by atoms with Gasteiger partial charge < -0.3 is 125 Å². The van der Waals surface area contributed by atoms with Gasteiger partial charge in [-0.2, -0.15) is 0 Å². The van der Waals surface area contributed by atoms with E-state index in [1.165, 1.54) is 0 Å². The van der Waals surface area contributed by atoms with Crippen molar-refractivity contribution in [2.24, 2.45) is 0 Å². The summed E-state index contributed by atoms with van der Waals surface area (Å²) >= 11 is 0. The first-order chi connectivity index (χ1) is 27.0. The lowest BCUT2D eigenvalue weighted by molar-refractivity contribution is -0.408. The Morgan fingerprint density at radius 3 is 1.54 bits per heavy atom. The van der Waals surface area contributed by atoms with Gasteiger partial charge in [0.05, 0.1) is 33.0 Å². The quantitative estimate of drug-likeness (QED) is 0.0818. The van der Waals surface area contributed by atoms with Gasteiger partial charge in [-0.3, -0.25) is 4.79 Å². The van der Waals surface area contributed by atoms with Crippen molar-refractivity contribution in [1.29, 1.82) is 0 Å². The van der Waals surface area contributed by atoms with Crippen LogP contribution in [0.25, 0.3) is 0 Å². The van der Waals surface area contributed by atoms with Gasteiger partial charge in [0, 0.05) is 6.92 Å². The first-order valence-corrected chi connectivity index (χ1v) is 18.0. The van der Waals surface area contributed by atoms with E-state index in [0.29, 0.717) is 0 Å². The molecule has 26 heteroatoms. The molecular weight excluding hydrogens is 786 g/mol. The Bertz CT molecular complexity index is 1270. The summed E-state index contributed by atoms with van der Waals surface area (Å²) in [4.78, 5) is 12.1. The molecule has 0 aromatic carbocycles. The molecule has 0 aromatic heterocycles. The molecule has 0 saturated carbocycles. The van der Waals surface area contributed by atoms with Gasteiger partial charge in [0.1, 0.15) is 116 Å². The van der Waals surface area contributed by atoms with Gasteiger partial charge in [-0.05, 0) is 0 Å². The van der Waals surface area contributed by atoms with Crippen molar-refractivity contribution in [1.82, 2.24) is 5.32 Å². The van der Waals surface area contributed by atoms with Crippen LogP contribution in [-0.4, -0.2) is 263 Å². The summed E-state index contributed by atoms with van der Waals surface area (Å²) in [6, 6.07) is -1.61. The Hall–Kier alpha value is -1.49. The molecule has 5 aliphatic rings. The highest BCUT2D eigenvalue weighted by Crippen LogP contribution is 2.37. The molecule has 0 aromatic rings. The highest BCUT2D eigenvalue weighted by atomic mass is 16.8. The fraction of sp³-hybridized carbons (Fsp3) is 0.968. The van der Waals surface area contributed by atoms with Crippen LogP contribution in [0.3, 0.4) is 0 Å². The lowest BCUT2D eigenvalue weighted by atomic mass is 9.95. The maximum absolute atomic E-state index is 12.1. The summed E-state index contributed by atoms with van der Waals surface area (Å²) in [6.45, 7) is -3.33. The zero-order valence-corrected chi connectivity index (χ0v) is 30.2. The largest absolute Gasteiger partial charge is 0.394 e. The number of rotatable bonds is 13. The van der Waals surface area contributed by atoms with E-state index < -0.39 is 186 Å². The van der Waals surface area contributed by atoms with Crippen molar-refractivity contribution < 1.29 is 124 Å². The number of carbonyl (C=O) groups is 1. The van der Waals surface area contributed by atoms with Crippen molar-refractivity contribution >= 4 is 5.91 Å². The molecule has 26 nitrogen and oxygen atoms in total. The third-order valence-corrected chi connectivity index (χ3v) is 10.3. The number of hydrogen-bond donors (Lipinski definition) is 16. The number of ether oxygens (including phenoxy) is 9. The summed E-state index contributed by atoms with van der Waals surface area (Å²) in [5, 5.41) is 160. The van der Waals surface area contributed by atoms with Gasteiger partial charge in [-0.1, -0.05) is 0 Å². The smallest absolute Gasteiger partial charge is 0.217 e. The van der Waals surface area contributed by atoms with Gasteiger partial charge in [0.15, 0.2) is 31.5 Å². The van der Waals surface area contributed by atoms with E-state index >= 15 is 0 Å². The van der Waals surface area contributed by atoms with Crippen molar-refractivity contribution in [2.75, 3.05) is 33.0 Å². The molecule has 5 aliphatic heterocycles. The van der Waals surface area contributed by atoms with Gasteiger partial charge in [0.2, 0.25) is 5.91 Å². The monoisotopic (exact) mass is 839 g/mol. The summed E-state index contributed by atoms with van der Waals surface area (Å²) < 4.78 is 51.4. The molecule has 0 spiro atoms. The molecule has 0 aliphatic carbocycles. The predicted molar refractivity (Wildman–Crippen MR) is 172 cm³/mol. The summed E-state index contributed by atoms with van der Waals surface area (Å²) in [6.07, 6.45) is -43.2. The Kier molecular flexibility index (Phi) is 16.3. The highest BCUT2D eigenvalue weighted by molar-refractivity contribution is 5.73. The topological polar surface area (TPSA) is 416 Å². The number of carbonyl (C=O) groups excluding carboxylic acids is 1. The maximum atomic E-state index is 12.1. The van der Waals surface area contributed by atoms with Crippen LogP contribution < -0.4 is 5.32 Å². The number of aliphatic hydroxyl groups is 15.